The Morgan fingerprint density at radius 2 is 2.14 bits per heavy atom. The molecule has 6 nitrogen and oxygen atoms in total. The van der Waals surface area contributed by atoms with Gasteiger partial charge >= 0.3 is 0 Å². The molecule has 0 unspecified atom stereocenters. The van der Waals surface area contributed by atoms with Gasteiger partial charge in [-0.1, -0.05) is 0 Å². The lowest BCUT2D eigenvalue weighted by Gasteiger charge is -2.11. The predicted molar refractivity (Wildman–Crippen MR) is 88.9 cm³/mol. The van der Waals surface area contributed by atoms with Crippen LogP contribution >= 0.6 is 11.8 Å². The van der Waals surface area contributed by atoms with E-state index >= 15 is 0 Å². The summed E-state index contributed by atoms with van der Waals surface area (Å²) in [5, 5.41) is 9.19. The van der Waals surface area contributed by atoms with Crippen molar-refractivity contribution in [1.82, 2.24) is 20.9 Å². The molecule has 0 radical (unpaired) electrons. The van der Waals surface area contributed by atoms with Crippen molar-refractivity contribution >= 4 is 23.6 Å². The van der Waals surface area contributed by atoms with E-state index < -0.39 is 0 Å². The molecule has 0 aliphatic heterocycles. The van der Waals surface area contributed by atoms with Crippen LogP contribution in [0.25, 0.3) is 0 Å². The van der Waals surface area contributed by atoms with Crippen LogP contribution in [-0.4, -0.2) is 55.0 Å². The third kappa shape index (κ3) is 7.55. The summed E-state index contributed by atoms with van der Waals surface area (Å²) in [6.07, 6.45) is 5.26. The van der Waals surface area contributed by atoms with Crippen molar-refractivity contribution in [1.29, 1.82) is 0 Å². The first kappa shape index (κ1) is 17.3. The van der Waals surface area contributed by atoms with Gasteiger partial charge in [0, 0.05) is 37.8 Å². The number of aliphatic imine (C=N–C) groups is 1. The number of thioether (sulfide) groups is 1. The highest BCUT2D eigenvalue weighted by atomic mass is 32.2. The Bertz CT molecular complexity index is 438. The summed E-state index contributed by atoms with van der Waals surface area (Å²) < 4.78 is 0. The molecule has 0 bridgehead atoms. The van der Waals surface area contributed by atoms with Crippen molar-refractivity contribution in [2.24, 2.45) is 4.99 Å². The molecule has 1 aromatic heterocycles. The van der Waals surface area contributed by atoms with Gasteiger partial charge in [-0.05, 0) is 25.3 Å². The van der Waals surface area contributed by atoms with Gasteiger partial charge in [0.2, 0.25) is 0 Å². The van der Waals surface area contributed by atoms with Crippen LogP contribution in [0.15, 0.2) is 29.5 Å². The average Bonchev–Trinajstić information content (AvgIpc) is 2.52. The number of hydrogen-bond acceptors (Lipinski definition) is 4. The van der Waals surface area contributed by atoms with Crippen LogP contribution in [0.4, 0.5) is 0 Å². The van der Waals surface area contributed by atoms with Crippen molar-refractivity contribution in [2.75, 3.05) is 38.2 Å². The van der Waals surface area contributed by atoms with Crippen molar-refractivity contribution < 1.29 is 4.79 Å². The number of guanidine groups is 1. The first-order valence-electron chi connectivity index (χ1n) is 6.97. The Morgan fingerprint density at radius 3 is 2.81 bits per heavy atom. The highest BCUT2D eigenvalue weighted by Crippen LogP contribution is 1.94. The summed E-state index contributed by atoms with van der Waals surface area (Å²) in [5.41, 5.74) is 0.568. The molecular formula is C14H23N5OS. The van der Waals surface area contributed by atoms with Crippen molar-refractivity contribution in [3.63, 3.8) is 0 Å². The third-order valence-corrected chi connectivity index (χ3v) is 3.13. The van der Waals surface area contributed by atoms with Gasteiger partial charge in [0.05, 0.1) is 12.1 Å². The molecule has 0 aromatic carbocycles. The SMILES string of the molecule is CCNC(=NCCSC)NCCNC(=O)c1cccnc1. The Hall–Kier alpha value is -1.76. The van der Waals surface area contributed by atoms with E-state index in [2.05, 4.69) is 32.2 Å². The minimum absolute atomic E-state index is 0.116. The van der Waals surface area contributed by atoms with Crippen LogP contribution < -0.4 is 16.0 Å². The van der Waals surface area contributed by atoms with Gasteiger partial charge in [-0.15, -0.1) is 0 Å². The van der Waals surface area contributed by atoms with Crippen LogP contribution in [-0.2, 0) is 0 Å². The summed E-state index contributed by atoms with van der Waals surface area (Å²) >= 11 is 1.77. The maximum Gasteiger partial charge on any atom is 0.252 e. The van der Waals surface area contributed by atoms with Crippen LogP contribution in [0, 0.1) is 0 Å². The summed E-state index contributed by atoms with van der Waals surface area (Å²) in [6.45, 7) is 4.76. The molecule has 0 saturated carbocycles. The van der Waals surface area contributed by atoms with E-state index in [0.717, 1.165) is 24.8 Å². The summed E-state index contributed by atoms with van der Waals surface area (Å²) in [6, 6.07) is 3.48. The van der Waals surface area contributed by atoms with Gasteiger partial charge in [-0.2, -0.15) is 11.8 Å². The lowest BCUT2D eigenvalue weighted by Crippen LogP contribution is -2.41. The number of carbonyl (C=O) groups is 1. The molecule has 1 aromatic rings. The second-order valence-electron chi connectivity index (χ2n) is 4.18. The number of carbonyl (C=O) groups excluding carboxylic acids is 1. The molecule has 0 aliphatic rings. The van der Waals surface area contributed by atoms with E-state index in [1.165, 1.54) is 0 Å². The Kier molecular flexibility index (Phi) is 9.03. The maximum atomic E-state index is 11.8. The number of nitrogens with one attached hydrogen (secondary N) is 3. The predicted octanol–water partition coefficient (Wildman–Crippen LogP) is 0.730. The molecule has 116 valence electrons. The fourth-order valence-electron chi connectivity index (χ4n) is 1.55. The molecule has 1 heterocycles. The molecule has 0 fully saturated rings. The zero-order chi connectivity index (χ0) is 15.3. The molecular weight excluding hydrogens is 286 g/mol. The quantitative estimate of drug-likeness (QED) is 0.375. The molecule has 3 N–H and O–H groups in total. The summed E-state index contributed by atoms with van der Waals surface area (Å²) in [7, 11) is 0. The molecule has 1 rings (SSSR count). The van der Waals surface area contributed by atoms with Gasteiger partial charge in [-0.3, -0.25) is 14.8 Å². The highest BCUT2D eigenvalue weighted by molar-refractivity contribution is 7.98. The topological polar surface area (TPSA) is 78.4 Å². The molecule has 0 saturated heterocycles. The third-order valence-electron chi connectivity index (χ3n) is 2.54. The molecule has 0 spiro atoms. The Labute approximate surface area is 130 Å². The zero-order valence-corrected chi connectivity index (χ0v) is 13.4. The number of amides is 1. The van der Waals surface area contributed by atoms with E-state index in [-0.39, 0.29) is 5.91 Å². The summed E-state index contributed by atoms with van der Waals surface area (Å²) in [4.78, 5) is 20.1. The minimum atomic E-state index is -0.116. The normalized spacial score (nSPS) is 11.0. The average molecular weight is 309 g/mol. The fraction of sp³-hybridized carbons (Fsp3) is 0.500. The van der Waals surface area contributed by atoms with Crippen LogP contribution in [0.2, 0.25) is 0 Å². The van der Waals surface area contributed by atoms with E-state index in [0.29, 0.717) is 18.7 Å². The zero-order valence-electron chi connectivity index (χ0n) is 12.6. The van der Waals surface area contributed by atoms with Gasteiger partial charge in [-0.25, -0.2) is 0 Å². The number of pyridine rings is 1. The minimum Gasteiger partial charge on any atom is -0.357 e. The smallest absolute Gasteiger partial charge is 0.252 e. The first-order valence-corrected chi connectivity index (χ1v) is 8.36. The van der Waals surface area contributed by atoms with Gasteiger partial charge in [0.15, 0.2) is 5.96 Å². The van der Waals surface area contributed by atoms with E-state index in [1.54, 1.807) is 36.3 Å². The number of rotatable bonds is 8. The lowest BCUT2D eigenvalue weighted by molar-refractivity contribution is 0.0954. The van der Waals surface area contributed by atoms with Gasteiger partial charge < -0.3 is 16.0 Å². The van der Waals surface area contributed by atoms with Crippen LogP contribution in [0.3, 0.4) is 0 Å². The Morgan fingerprint density at radius 1 is 1.33 bits per heavy atom. The number of hydrogen-bond donors (Lipinski definition) is 3. The Balaban J connectivity index is 2.27. The van der Waals surface area contributed by atoms with Gasteiger partial charge in [0.25, 0.3) is 5.91 Å². The fourth-order valence-corrected chi connectivity index (χ4v) is 1.82. The van der Waals surface area contributed by atoms with Crippen LogP contribution in [0.5, 0.6) is 0 Å². The molecule has 7 heteroatoms. The van der Waals surface area contributed by atoms with Crippen molar-refractivity contribution in [2.45, 2.75) is 6.92 Å². The van der Waals surface area contributed by atoms with Gasteiger partial charge in [0.1, 0.15) is 0 Å². The summed E-state index contributed by atoms with van der Waals surface area (Å²) in [5.74, 6) is 1.66. The molecule has 21 heavy (non-hydrogen) atoms. The maximum absolute atomic E-state index is 11.8. The van der Waals surface area contributed by atoms with Crippen LogP contribution in [0.1, 0.15) is 17.3 Å². The first-order chi connectivity index (χ1) is 10.3. The number of nitrogens with zero attached hydrogens (tertiary/aromatic N) is 2. The van der Waals surface area contributed by atoms with E-state index in [9.17, 15) is 4.79 Å². The molecule has 1 amide bonds. The highest BCUT2D eigenvalue weighted by Gasteiger charge is 2.03. The van der Waals surface area contributed by atoms with E-state index in [4.69, 9.17) is 0 Å². The monoisotopic (exact) mass is 309 g/mol. The largest absolute Gasteiger partial charge is 0.357 e. The second-order valence-corrected chi connectivity index (χ2v) is 5.16. The van der Waals surface area contributed by atoms with E-state index in [1.807, 2.05) is 6.92 Å². The van der Waals surface area contributed by atoms with Crippen molar-refractivity contribution in [3.8, 4) is 0 Å². The molecule has 0 aliphatic carbocycles. The molecule has 0 atom stereocenters. The lowest BCUT2D eigenvalue weighted by atomic mass is 10.3. The number of aromatic nitrogens is 1. The standard InChI is InChI=1S/C14H23N5OS/c1-3-16-14(19-9-10-21-2)18-8-7-17-13(20)12-5-4-6-15-11-12/h4-6,11H,3,7-10H2,1-2H3,(H,17,20)(H2,16,18,19). The second kappa shape index (κ2) is 11.0. The van der Waals surface area contributed by atoms with Crippen molar-refractivity contribution in [3.05, 3.63) is 30.1 Å².